The first-order valence-corrected chi connectivity index (χ1v) is 8.55. The van der Waals surface area contributed by atoms with Gasteiger partial charge < -0.3 is 16.4 Å². The van der Waals surface area contributed by atoms with Gasteiger partial charge in [-0.05, 0) is 37.5 Å². The van der Waals surface area contributed by atoms with Crippen molar-refractivity contribution in [1.82, 2.24) is 20.2 Å². The summed E-state index contributed by atoms with van der Waals surface area (Å²) in [7, 11) is 0. The Morgan fingerprint density at radius 1 is 1.27 bits per heavy atom. The molecule has 1 aliphatic carbocycles. The summed E-state index contributed by atoms with van der Waals surface area (Å²) in [5, 5.41) is 13.6. The van der Waals surface area contributed by atoms with E-state index in [4.69, 9.17) is 5.73 Å². The lowest BCUT2D eigenvalue weighted by molar-refractivity contribution is 0.626. The highest BCUT2D eigenvalue weighted by molar-refractivity contribution is 5.67. The van der Waals surface area contributed by atoms with Crippen molar-refractivity contribution in [2.24, 2.45) is 0 Å². The molecular weight excluding hydrogens is 333 g/mol. The number of nitrogens with two attached hydrogens (primary N) is 1. The monoisotopic (exact) mass is 353 g/mol. The second kappa shape index (κ2) is 6.62. The van der Waals surface area contributed by atoms with Crippen LogP contribution >= 0.6 is 0 Å². The maximum atomic E-state index is 13.1. The van der Waals surface area contributed by atoms with E-state index in [1.54, 1.807) is 18.3 Å². The lowest BCUT2D eigenvalue weighted by atomic mass is 10.1. The van der Waals surface area contributed by atoms with Crippen LogP contribution < -0.4 is 16.4 Å². The van der Waals surface area contributed by atoms with E-state index in [0.717, 1.165) is 11.3 Å². The van der Waals surface area contributed by atoms with Gasteiger partial charge in [0.05, 0.1) is 17.9 Å². The molecule has 0 amide bonds. The zero-order valence-corrected chi connectivity index (χ0v) is 14.3. The van der Waals surface area contributed by atoms with Crippen LogP contribution in [0.25, 0.3) is 0 Å². The Kier molecular flexibility index (Phi) is 4.16. The van der Waals surface area contributed by atoms with Crippen molar-refractivity contribution in [3.8, 4) is 0 Å². The van der Waals surface area contributed by atoms with Crippen LogP contribution in [0.1, 0.15) is 43.0 Å². The Morgan fingerprint density at radius 2 is 2.04 bits per heavy atom. The van der Waals surface area contributed by atoms with Gasteiger partial charge in [-0.3, -0.25) is 5.10 Å². The summed E-state index contributed by atoms with van der Waals surface area (Å²) < 4.78 is 13.1. The van der Waals surface area contributed by atoms with Crippen molar-refractivity contribution >= 4 is 23.3 Å². The minimum Gasteiger partial charge on any atom is -0.394 e. The fourth-order valence-corrected chi connectivity index (χ4v) is 2.71. The second-order valence-corrected chi connectivity index (χ2v) is 6.52. The molecule has 1 aromatic carbocycles. The highest BCUT2D eigenvalue weighted by Crippen LogP contribution is 2.39. The summed E-state index contributed by atoms with van der Waals surface area (Å²) in [6.45, 7) is 1.95. The van der Waals surface area contributed by atoms with Crippen LogP contribution in [-0.2, 0) is 0 Å². The topological polar surface area (TPSA) is 105 Å². The average Bonchev–Trinajstić information content (AvgIpc) is 3.38. The van der Waals surface area contributed by atoms with Gasteiger partial charge in [-0.2, -0.15) is 10.1 Å². The number of hydrogen-bond acceptors (Lipinski definition) is 6. The minimum absolute atomic E-state index is 0.0843. The molecule has 3 aromatic rings. The smallest absolute Gasteiger partial charge is 0.225 e. The molecule has 0 bridgehead atoms. The van der Waals surface area contributed by atoms with E-state index in [1.165, 1.54) is 25.0 Å². The third-order valence-corrected chi connectivity index (χ3v) is 4.39. The molecule has 5 N–H and O–H groups in total. The zero-order valence-electron chi connectivity index (χ0n) is 14.3. The van der Waals surface area contributed by atoms with Crippen LogP contribution in [0.2, 0.25) is 0 Å². The zero-order chi connectivity index (χ0) is 18.1. The van der Waals surface area contributed by atoms with Gasteiger partial charge in [-0.1, -0.05) is 12.1 Å². The molecule has 4 rings (SSSR count). The van der Waals surface area contributed by atoms with E-state index in [0.29, 0.717) is 29.2 Å². The predicted molar refractivity (Wildman–Crippen MR) is 98.7 cm³/mol. The summed E-state index contributed by atoms with van der Waals surface area (Å²) in [4.78, 5) is 8.65. The number of rotatable bonds is 6. The van der Waals surface area contributed by atoms with E-state index >= 15 is 0 Å². The Bertz CT molecular complexity index is 902. The molecule has 1 aliphatic rings. The molecule has 1 fully saturated rings. The number of nitrogens with one attached hydrogen (secondary N) is 3. The third-order valence-electron chi connectivity index (χ3n) is 4.39. The molecule has 0 saturated heterocycles. The number of aromatic amines is 1. The van der Waals surface area contributed by atoms with Crippen LogP contribution in [0, 0.1) is 5.82 Å². The normalized spacial score (nSPS) is 14.8. The molecule has 0 spiro atoms. The highest BCUT2D eigenvalue weighted by atomic mass is 19.1. The number of nitrogens with zero attached hydrogens (tertiary/aromatic N) is 3. The molecule has 7 nitrogen and oxygen atoms in total. The average molecular weight is 353 g/mol. The first-order valence-electron chi connectivity index (χ1n) is 8.55. The number of halogens is 1. The number of H-pyrrole nitrogens is 1. The standard InChI is InChI=1S/C18H20FN7/c1-10(11-4-6-13(19)7-5-11)22-18-21-9-14(20)17(24-18)23-16-8-15(25-26-16)12-2-3-12/h4-10,12H,2-3,20H2,1H3,(H3,21,22,23,24,25,26). The van der Waals surface area contributed by atoms with Gasteiger partial charge >= 0.3 is 0 Å². The van der Waals surface area contributed by atoms with Crippen molar-refractivity contribution < 1.29 is 4.39 Å². The van der Waals surface area contributed by atoms with Crippen LogP contribution in [0.5, 0.6) is 0 Å². The van der Waals surface area contributed by atoms with Crippen molar-refractivity contribution in [2.45, 2.75) is 31.7 Å². The fraction of sp³-hybridized carbons (Fsp3) is 0.278. The number of anilines is 4. The molecule has 1 unspecified atom stereocenters. The van der Waals surface area contributed by atoms with E-state index < -0.39 is 0 Å². The third kappa shape index (κ3) is 3.58. The Hall–Kier alpha value is -3.16. The molecule has 134 valence electrons. The van der Waals surface area contributed by atoms with Gasteiger partial charge in [-0.15, -0.1) is 0 Å². The first-order chi connectivity index (χ1) is 12.6. The van der Waals surface area contributed by atoms with Crippen molar-refractivity contribution in [3.63, 3.8) is 0 Å². The molecule has 2 heterocycles. The maximum absolute atomic E-state index is 13.1. The van der Waals surface area contributed by atoms with Crippen molar-refractivity contribution in [1.29, 1.82) is 0 Å². The predicted octanol–water partition coefficient (Wildman–Crippen LogP) is 3.72. The van der Waals surface area contributed by atoms with Crippen LogP contribution in [0.4, 0.5) is 27.7 Å². The van der Waals surface area contributed by atoms with Gasteiger partial charge in [0, 0.05) is 17.7 Å². The molecule has 0 radical (unpaired) electrons. The molecule has 0 aliphatic heterocycles. The number of aromatic nitrogens is 4. The summed E-state index contributed by atoms with van der Waals surface area (Å²) in [5.74, 6) is 1.92. The lowest BCUT2D eigenvalue weighted by Crippen LogP contribution is -2.11. The summed E-state index contributed by atoms with van der Waals surface area (Å²) >= 11 is 0. The van der Waals surface area contributed by atoms with Gasteiger partial charge in [0.25, 0.3) is 0 Å². The Morgan fingerprint density at radius 3 is 2.77 bits per heavy atom. The van der Waals surface area contributed by atoms with Gasteiger partial charge in [0.1, 0.15) is 5.82 Å². The second-order valence-electron chi connectivity index (χ2n) is 6.52. The fourth-order valence-electron chi connectivity index (χ4n) is 2.71. The molecule has 2 aromatic heterocycles. The molecule has 26 heavy (non-hydrogen) atoms. The lowest BCUT2D eigenvalue weighted by Gasteiger charge is -2.15. The van der Waals surface area contributed by atoms with E-state index in [2.05, 4.69) is 30.8 Å². The number of hydrogen-bond donors (Lipinski definition) is 4. The summed E-state index contributed by atoms with van der Waals surface area (Å²) in [6.07, 6.45) is 3.95. The minimum atomic E-state index is -0.263. The van der Waals surface area contributed by atoms with E-state index in [9.17, 15) is 4.39 Å². The first kappa shape index (κ1) is 16.3. The molecule has 1 saturated carbocycles. The maximum Gasteiger partial charge on any atom is 0.225 e. The quantitative estimate of drug-likeness (QED) is 0.538. The van der Waals surface area contributed by atoms with Gasteiger partial charge in [0.15, 0.2) is 11.6 Å². The molecular formula is C18H20FN7. The van der Waals surface area contributed by atoms with Crippen LogP contribution in [0.3, 0.4) is 0 Å². The van der Waals surface area contributed by atoms with E-state index in [1.807, 2.05) is 13.0 Å². The summed E-state index contributed by atoms with van der Waals surface area (Å²) in [6, 6.07) is 8.21. The van der Waals surface area contributed by atoms with Gasteiger partial charge in [0.2, 0.25) is 5.95 Å². The SMILES string of the molecule is CC(Nc1ncc(N)c(Nc2cc(C3CC3)[nH]n2)n1)c1ccc(F)cc1. The van der Waals surface area contributed by atoms with Crippen LogP contribution in [-0.4, -0.2) is 20.2 Å². The Labute approximate surface area is 150 Å². The largest absolute Gasteiger partial charge is 0.394 e. The highest BCUT2D eigenvalue weighted by Gasteiger charge is 2.25. The van der Waals surface area contributed by atoms with Crippen molar-refractivity contribution in [2.75, 3.05) is 16.4 Å². The Balaban J connectivity index is 1.48. The van der Waals surface area contributed by atoms with E-state index in [-0.39, 0.29) is 11.9 Å². The number of benzene rings is 1. The summed E-state index contributed by atoms with van der Waals surface area (Å²) in [5.41, 5.74) is 8.47. The van der Waals surface area contributed by atoms with Crippen molar-refractivity contribution in [3.05, 3.63) is 53.6 Å². The molecule has 1 atom stereocenters. The van der Waals surface area contributed by atoms with Gasteiger partial charge in [-0.25, -0.2) is 9.37 Å². The molecule has 8 heteroatoms. The number of nitrogen functional groups attached to an aromatic ring is 1. The van der Waals surface area contributed by atoms with Crippen LogP contribution in [0.15, 0.2) is 36.5 Å².